The molecule has 0 amide bonds. The number of fused-ring (bicyclic) bond motifs is 1. The van der Waals surface area contributed by atoms with Crippen LogP contribution in [0.15, 0.2) is 36.4 Å². The third-order valence-electron chi connectivity index (χ3n) is 3.63. The highest BCUT2D eigenvalue weighted by Crippen LogP contribution is 2.31. The fraction of sp³-hybridized carbons (Fsp3) is 0.118. The summed E-state index contributed by atoms with van der Waals surface area (Å²) < 4.78 is 10.9. The summed E-state index contributed by atoms with van der Waals surface area (Å²) in [5.41, 5.74) is 1.15. The molecule has 1 aliphatic heterocycles. The molecule has 0 N–H and O–H groups in total. The predicted octanol–water partition coefficient (Wildman–Crippen LogP) is 2.40. The summed E-state index contributed by atoms with van der Waals surface area (Å²) in [6.07, 6.45) is 0. The van der Waals surface area contributed by atoms with Crippen molar-refractivity contribution in [2.75, 3.05) is 14.2 Å². The first-order valence-corrected chi connectivity index (χ1v) is 6.75. The van der Waals surface area contributed by atoms with Gasteiger partial charge in [-0.1, -0.05) is 0 Å². The molecular weight excluding hydrogens is 296 g/mol. The number of carbonyl (C=O) groups excluding carboxylic acids is 1. The first kappa shape index (κ1) is 14.6. The first-order valence-electron chi connectivity index (χ1n) is 6.75. The van der Waals surface area contributed by atoms with E-state index in [9.17, 15) is 10.0 Å². The van der Waals surface area contributed by atoms with Gasteiger partial charge < -0.3 is 14.7 Å². The van der Waals surface area contributed by atoms with Crippen molar-refractivity contribution >= 4 is 17.2 Å². The Bertz CT molecular complexity index is 872. The molecule has 2 aromatic carbocycles. The second-order valence-corrected chi connectivity index (χ2v) is 4.92. The lowest BCUT2D eigenvalue weighted by Gasteiger charge is -2.07. The van der Waals surface area contributed by atoms with Crippen LogP contribution in [0.25, 0.3) is 0 Å². The molecule has 0 spiro atoms. The highest BCUT2D eigenvalue weighted by molar-refractivity contribution is 6.52. The Kier molecular flexibility index (Phi) is 3.47. The number of ether oxygens (including phenoxy) is 2. The molecule has 6 nitrogen and oxygen atoms in total. The van der Waals surface area contributed by atoms with Crippen LogP contribution in [0, 0.1) is 16.5 Å². The Balaban J connectivity index is 2.17. The van der Waals surface area contributed by atoms with Crippen LogP contribution in [0.5, 0.6) is 11.5 Å². The molecule has 23 heavy (non-hydrogen) atoms. The average molecular weight is 308 g/mol. The molecule has 0 atom stereocenters. The molecule has 0 radical (unpaired) electrons. The van der Waals surface area contributed by atoms with E-state index in [1.54, 1.807) is 18.2 Å². The lowest BCUT2D eigenvalue weighted by molar-refractivity contribution is -0.355. The van der Waals surface area contributed by atoms with E-state index in [2.05, 4.69) is 0 Å². The number of nitriles is 1. The van der Waals surface area contributed by atoms with Crippen molar-refractivity contribution in [3.63, 3.8) is 0 Å². The average Bonchev–Trinajstić information content (AvgIpc) is 2.84. The molecule has 0 unspecified atom stereocenters. The zero-order chi connectivity index (χ0) is 16.6. The number of hydrogen-bond acceptors (Lipinski definition) is 5. The van der Waals surface area contributed by atoms with Crippen LogP contribution in [0.2, 0.25) is 0 Å². The van der Waals surface area contributed by atoms with Gasteiger partial charge in [0, 0.05) is 12.1 Å². The highest BCUT2D eigenvalue weighted by atomic mass is 16.5. The van der Waals surface area contributed by atoms with Crippen molar-refractivity contribution in [2.24, 2.45) is 0 Å². The van der Waals surface area contributed by atoms with Crippen molar-refractivity contribution in [1.82, 2.24) is 0 Å². The van der Waals surface area contributed by atoms with Gasteiger partial charge in [-0.25, -0.2) is 0 Å². The molecular formula is C17H12N2O4. The van der Waals surface area contributed by atoms with Crippen LogP contribution in [-0.4, -0.2) is 30.5 Å². The number of Topliss-reactive ketones (excluding diaryl/α,β-unsaturated/α-hetero) is 1. The minimum atomic E-state index is -0.428. The van der Waals surface area contributed by atoms with Crippen molar-refractivity contribution < 1.29 is 19.0 Å². The standard InChI is InChI=1S/C17H12N2O4/c1-22-12-6-11(7-13(8-12)23-2)16-17(20)14-5-10(9-18)3-4-15(14)19(16)21/h3-8H,1-2H3. The number of methoxy groups -OCH3 is 2. The van der Waals surface area contributed by atoms with Gasteiger partial charge in [-0.3, -0.25) is 4.79 Å². The molecule has 0 saturated carbocycles. The Morgan fingerprint density at radius 3 is 2.30 bits per heavy atom. The van der Waals surface area contributed by atoms with Crippen molar-refractivity contribution in [3.05, 3.63) is 58.3 Å². The molecule has 0 bridgehead atoms. The van der Waals surface area contributed by atoms with Gasteiger partial charge in [-0.15, -0.1) is 0 Å². The fourth-order valence-electron chi connectivity index (χ4n) is 2.50. The number of carbonyl (C=O) groups is 1. The van der Waals surface area contributed by atoms with E-state index in [0.29, 0.717) is 27.4 Å². The summed E-state index contributed by atoms with van der Waals surface area (Å²) in [6.45, 7) is 0. The molecule has 2 aromatic rings. The van der Waals surface area contributed by atoms with Gasteiger partial charge in [-0.2, -0.15) is 10.0 Å². The van der Waals surface area contributed by atoms with Gasteiger partial charge in [0.15, 0.2) is 0 Å². The van der Waals surface area contributed by atoms with E-state index in [1.807, 2.05) is 6.07 Å². The maximum Gasteiger partial charge on any atom is 0.273 e. The van der Waals surface area contributed by atoms with Crippen molar-refractivity contribution in [1.29, 1.82) is 5.26 Å². The minimum absolute atomic E-state index is 0.0210. The summed E-state index contributed by atoms with van der Waals surface area (Å²) in [5.74, 6) is 0.519. The number of benzene rings is 2. The molecule has 6 heteroatoms. The zero-order valence-corrected chi connectivity index (χ0v) is 12.5. The third kappa shape index (κ3) is 2.28. The summed E-state index contributed by atoms with van der Waals surface area (Å²) in [7, 11) is 2.98. The molecule has 0 aliphatic carbocycles. The van der Waals surface area contributed by atoms with Crippen molar-refractivity contribution in [2.45, 2.75) is 0 Å². The SMILES string of the molecule is COc1cc(OC)cc(C2=[N+]([O-])c3ccc(C#N)cc3C2=O)c1. The largest absolute Gasteiger partial charge is 0.618 e. The van der Waals surface area contributed by atoms with Gasteiger partial charge >= 0.3 is 0 Å². The first-order chi connectivity index (χ1) is 11.1. The monoisotopic (exact) mass is 308 g/mol. The smallest absolute Gasteiger partial charge is 0.273 e. The van der Waals surface area contributed by atoms with Crippen LogP contribution in [-0.2, 0) is 0 Å². The quantitative estimate of drug-likeness (QED) is 0.642. The molecule has 1 aliphatic rings. The summed E-state index contributed by atoms with van der Waals surface area (Å²) in [6, 6.07) is 11.2. The fourth-order valence-corrected chi connectivity index (χ4v) is 2.50. The molecule has 0 saturated heterocycles. The lowest BCUT2D eigenvalue weighted by atomic mass is 10.0. The molecule has 0 fully saturated rings. The Morgan fingerprint density at radius 2 is 1.74 bits per heavy atom. The molecule has 1 heterocycles. The second kappa shape index (κ2) is 5.46. The van der Waals surface area contributed by atoms with E-state index < -0.39 is 5.78 Å². The van der Waals surface area contributed by atoms with Gasteiger partial charge in [0.2, 0.25) is 5.69 Å². The van der Waals surface area contributed by atoms with Crippen LogP contribution < -0.4 is 9.47 Å². The highest BCUT2D eigenvalue weighted by Gasteiger charge is 2.37. The van der Waals surface area contributed by atoms with E-state index in [1.165, 1.54) is 32.4 Å². The van der Waals surface area contributed by atoms with Crippen LogP contribution in [0.3, 0.4) is 0 Å². The number of rotatable bonds is 3. The van der Waals surface area contributed by atoms with Gasteiger partial charge in [-0.05, 0) is 24.3 Å². The van der Waals surface area contributed by atoms with E-state index in [4.69, 9.17) is 14.7 Å². The van der Waals surface area contributed by atoms with Gasteiger partial charge in [0.25, 0.3) is 11.5 Å². The van der Waals surface area contributed by atoms with Crippen LogP contribution >= 0.6 is 0 Å². The van der Waals surface area contributed by atoms with E-state index in [-0.39, 0.29) is 17.0 Å². The number of nitrogens with zero attached hydrogens (tertiary/aromatic N) is 2. The Labute approximate surface area is 132 Å². The number of ketones is 1. The summed E-state index contributed by atoms with van der Waals surface area (Å²) in [4.78, 5) is 12.6. The third-order valence-corrected chi connectivity index (χ3v) is 3.63. The van der Waals surface area contributed by atoms with Crippen LogP contribution in [0.1, 0.15) is 21.5 Å². The maximum absolute atomic E-state index is 12.6. The summed E-state index contributed by atoms with van der Waals surface area (Å²) >= 11 is 0. The molecule has 3 rings (SSSR count). The number of hydrogen-bond donors (Lipinski definition) is 0. The van der Waals surface area contributed by atoms with Gasteiger partial charge in [0.1, 0.15) is 17.1 Å². The maximum atomic E-state index is 12.6. The normalized spacial score (nSPS) is 12.8. The predicted molar refractivity (Wildman–Crippen MR) is 82.4 cm³/mol. The minimum Gasteiger partial charge on any atom is -0.618 e. The van der Waals surface area contributed by atoms with Crippen molar-refractivity contribution in [3.8, 4) is 17.6 Å². The topological polar surface area (TPSA) is 85.4 Å². The Morgan fingerprint density at radius 1 is 1.09 bits per heavy atom. The van der Waals surface area contributed by atoms with E-state index >= 15 is 0 Å². The lowest BCUT2D eigenvalue weighted by Crippen LogP contribution is -2.16. The second-order valence-electron chi connectivity index (χ2n) is 4.92. The van der Waals surface area contributed by atoms with Gasteiger partial charge in [0.05, 0.1) is 31.4 Å². The Hall–Kier alpha value is -3.33. The molecule has 114 valence electrons. The van der Waals surface area contributed by atoms with Crippen LogP contribution in [0.4, 0.5) is 5.69 Å². The van der Waals surface area contributed by atoms with E-state index in [0.717, 1.165) is 0 Å². The summed E-state index contributed by atoms with van der Waals surface area (Å²) in [5, 5.41) is 21.4. The molecule has 0 aromatic heterocycles. The zero-order valence-electron chi connectivity index (χ0n) is 12.5.